The fourth-order valence-electron chi connectivity index (χ4n) is 5.52. The second kappa shape index (κ2) is 13.8. The number of aliphatic hydroxyl groups is 2. The SMILES string of the molecule is CC(C)(C(=O)O)c1ccc(C(O)CCCN2CCC(C(O)(c3ccccc3)c3ccccc3)CC2)cc1.[KH]. The van der Waals surface area contributed by atoms with Gasteiger partial charge in [-0.05, 0) is 87.3 Å². The van der Waals surface area contributed by atoms with Crippen LogP contribution >= 0.6 is 0 Å². The summed E-state index contributed by atoms with van der Waals surface area (Å²) in [7, 11) is 0. The standard InChI is InChI=1S/C32H39NO4.K.H/c1-31(2,30(35)36)25-17-15-24(16-18-25)29(34)14-9-21-33-22-19-28(20-23-33)32(37,26-10-5-3-6-11-26)27-12-7-4-8-13-27;;/h3-8,10-13,15-18,28-29,34,37H,9,14,19-23H2,1-2H3,(H,35,36);;. The Bertz CT molecular complexity index is 1100. The van der Waals surface area contributed by atoms with Gasteiger partial charge in [0.05, 0.1) is 11.5 Å². The molecule has 0 saturated carbocycles. The molecule has 1 fully saturated rings. The van der Waals surface area contributed by atoms with E-state index in [1.54, 1.807) is 26.0 Å². The van der Waals surface area contributed by atoms with E-state index in [9.17, 15) is 20.1 Å². The summed E-state index contributed by atoms with van der Waals surface area (Å²) in [6.45, 7) is 6.11. The van der Waals surface area contributed by atoms with Crippen LogP contribution in [-0.4, -0.2) is 97.2 Å². The van der Waals surface area contributed by atoms with Crippen LogP contribution < -0.4 is 0 Å². The maximum atomic E-state index is 12.1. The van der Waals surface area contributed by atoms with Gasteiger partial charge in [-0.2, -0.15) is 0 Å². The van der Waals surface area contributed by atoms with E-state index in [4.69, 9.17) is 0 Å². The summed E-state index contributed by atoms with van der Waals surface area (Å²) in [6, 6.07) is 27.3. The first-order chi connectivity index (χ1) is 17.7. The quantitative estimate of drug-likeness (QED) is 0.320. The molecule has 38 heavy (non-hydrogen) atoms. The van der Waals surface area contributed by atoms with Crippen LogP contribution in [0.5, 0.6) is 0 Å². The van der Waals surface area contributed by atoms with E-state index in [0.29, 0.717) is 6.42 Å². The molecule has 1 aliphatic heterocycles. The first kappa shape index (κ1) is 31.2. The molecule has 3 aromatic rings. The van der Waals surface area contributed by atoms with Gasteiger partial charge in [0.15, 0.2) is 0 Å². The molecular formula is C32H40KNO4. The first-order valence-electron chi connectivity index (χ1n) is 13.3. The van der Waals surface area contributed by atoms with Crippen LogP contribution in [0.3, 0.4) is 0 Å². The van der Waals surface area contributed by atoms with Crippen molar-refractivity contribution in [3.05, 3.63) is 107 Å². The molecule has 6 heteroatoms. The average Bonchev–Trinajstić information content (AvgIpc) is 2.94. The number of carbonyl (C=O) groups is 1. The number of aliphatic carboxylic acids is 1. The van der Waals surface area contributed by atoms with Crippen molar-refractivity contribution in [3.8, 4) is 0 Å². The van der Waals surface area contributed by atoms with Gasteiger partial charge in [0.1, 0.15) is 5.60 Å². The zero-order chi connectivity index (χ0) is 26.5. The van der Waals surface area contributed by atoms with Crippen molar-refractivity contribution in [1.29, 1.82) is 0 Å². The Kier molecular flexibility index (Phi) is 11.3. The fraction of sp³-hybridized carbons (Fsp3) is 0.406. The molecule has 3 aromatic carbocycles. The van der Waals surface area contributed by atoms with E-state index in [1.807, 2.05) is 72.8 Å². The number of nitrogens with zero attached hydrogens (tertiary/aromatic N) is 1. The van der Waals surface area contributed by atoms with Crippen LogP contribution in [0.15, 0.2) is 84.9 Å². The molecule has 1 unspecified atom stereocenters. The molecule has 4 rings (SSSR count). The van der Waals surface area contributed by atoms with E-state index in [2.05, 4.69) is 4.90 Å². The van der Waals surface area contributed by atoms with E-state index in [-0.39, 0.29) is 57.3 Å². The molecule has 0 aliphatic carbocycles. The monoisotopic (exact) mass is 541 g/mol. The van der Waals surface area contributed by atoms with Crippen molar-refractivity contribution < 1.29 is 20.1 Å². The van der Waals surface area contributed by atoms with E-state index in [0.717, 1.165) is 61.2 Å². The van der Waals surface area contributed by atoms with Crippen molar-refractivity contribution in [2.24, 2.45) is 5.92 Å². The Morgan fingerprint density at radius 2 is 1.37 bits per heavy atom. The zero-order valence-electron chi connectivity index (χ0n) is 21.9. The van der Waals surface area contributed by atoms with Gasteiger partial charge >= 0.3 is 57.4 Å². The predicted octanol–water partition coefficient (Wildman–Crippen LogP) is 4.86. The minimum atomic E-state index is -1.01. The number of hydrogen-bond acceptors (Lipinski definition) is 4. The van der Waals surface area contributed by atoms with Crippen LogP contribution in [0, 0.1) is 5.92 Å². The van der Waals surface area contributed by atoms with Gasteiger partial charge in [-0.1, -0.05) is 84.9 Å². The van der Waals surface area contributed by atoms with Gasteiger partial charge < -0.3 is 20.2 Å². The van der Waals surface area contributed by atoms with Crippen LogP contribution in [-0.2, 0) is 15.8 Å². The van der Waals surface area contributed by atoms with Crippen molar-refractivity contribution in [3.63, 3.8) is 0 Å². The summed E-state index contributed by atoms with van der Waals surface area (Å²) < 4.78 is 0. The van der Waals surface area contributed by atoms with E-state index in [1.165, 1.54) is 0 Å². The molecule has 0 spiro atoms. The molecular weight excluding hydrogens is 501 g/mol. The second-order valence-electron chi connectivity index (χ2n) is 10.8. The Balaban J connectivity index is 0.00000400. The normalized spacial score (nSPS) is 16.0. The molecule has 1 aliphatic rings. The molecule has 1 saturated heterocycles. The molecule has 0 bridgehead atoms. The summed E-state index contributed by atoms with van der Waals surface area (Å²) in [5.74, 6) is -0.733. The molecule has 198 valence electrons. The summed E-state index contributed by atoms with van der Waals surface area (Å²) in [5.41, 5.74) is 1.47. The third-order valence-corrected chi connectivity index (χ3v) is 8.11. The van der Waals surface area contributed by atoms with Crippen molar-refractivity contribution in [2.75, 3.05) is 19.6 Å². The molecule has 0 aromatic heterocycles. The number of hydrogen-bond donors (Lipinski definition) is 3. The molecule has 5 nitrogen and oxygen atoms in total. The van der Waals surface area contributed by atoms with Crippen molar-refractivity contribution in [1.82, 2.24) is 4.90 Å². The first-order valence-corrected chi connectivity index (χ1v) is 13.3. The third kappa shape index (κ3) is 7.04. The van der Waals surface area contributed by atoms with E-state index >= 15 is 0 Å². The number of carboxylic acids is 1. The number of aliphatic hydroxyl groups excluding tert-OH is 1. The average molecular weight is 542 g/mol. The molecule has 1 heterocycles. The zero-order valence-corrected chi connectivity index (χ0v) is 21.9. The summed E-state index contributed by atoms with van der Waals surface area (Å²) in [5, 5.41) is 32.2. The van der Waals surface area contributed by atoms with Crippen molar-refractivity contribution >= 4 is 57.4 Å². The molecule has 3 N–H and O–H groups in total. The molecule has 0 radical (unpaired) electrons. The Hall–Kier alpha value is -1.35. The van der Waals surface area contributed by atoms with Gasteiger partial charge in [-0.15, -0.1) is 0 Å². The number of benzene rings is 3. The topological polar surface area (TPSA) is 81.0 Å². The summed E-state index contributed by atoms with van der Waals surface area (Å²) >= 11 is 0. The Labute approximate surface area is 269 Å². The van der Waals surface area contributed by atoms with Crippen LogP contribution in [0.1, 0.15) is 67.9 Å². The van der Waals surface area contributed by atoms with Crippen LogP contribution in [0.25, 0.3) is 0 Å². The number of rotatable bonds is 10. The maximum absolute atomic E-state index is 12.1. The van der Waals surface area contributed by atoms with Gasteiger partial charge in [-0.25, -0.2) is 0 Å². The Morgan fingerprint density at radius 1 is 0.868 bits per heavy atom. The Morgan fingerprint density at radius 3 is 1.84 bits per heavy atom. The number of piperidine rings is 1. The third-order valence-electron chi connectivity index (χ3n) is 8.11. The summed E-state index contributed by atoms with van der Waals surface area (Å²) in [4.78, 5) is 13.9. The van der Waals surface area contributed by atoms with Crippen molar-refractivity contribution in [2.45, 2.75) is 56.7 Å². The molecule has 1 atom stereocenters. The number of carboxylic acid groups (broad SMARTS) is 1. The fourth-order valence-corrected chi connectivity index (χ4v) is 5.52. The van der Waals surface area contributed by atoms with Crippen LogP contribution in [0.2, 0.25) is 0 Å². The number of likely N-dealkylation sites (tertiary alicyclic amines) is 1. The van der Waals surface area contributed by atoms with E-state index < -0.39 is 23.1 Å². The van der Waals surface area contributed by atoms with Gasteiger partial charge in [0, 0.05) is 0 Å². The molecule has 0 amide bonds. The van der Waals surface area contributed by atoms with Gasteiger partial charge in [-0.3, -0.25) is 4.79 Å². The van der Waals surface area contributed by atoms with Gasteiger partial charge in [0.2, 0.25) is 0 Å². The summed E-state index contributed by atoms with van der Waals surface area (Å²) in [6.07, 6.45) is 2.77. The van der Waals surface area contributed by atoms with Gasteiger partial charge in [0.25, 0.3) is 0 Å². The predicted molar refractivity (Wildman–Crippen MR) is 153 cm³/mol. The minimum absolute atomic E-state index is 0. The van der Waals surface area contributed by atoms with Crippen LogP contribution in [0.4, 0.5) is 0 Å². The second-order valence-corrected chi connectivity index (χ2v) is 10.8.